The minimum atomic E-state index is -3.06. The second-order valence-electron chi connectivity index (χ2n) is 4.93. The van der Waals surface area contributed by atoms with Crippen molar-refractivity contribution in [1.82, 2.24) is 9.69 Å². The van der Waals surface area contributed by atoms with E-state index < -0.39 is 9.84 Å². The van der Waals surface area contributed by atoms with Gasteiger partial charge in [-0.15, -0.1) is 0 Å². The molecule has 0 saturated carbocycles. The highest BCUT2D eigenvalue weighted by Crippen LogP contribution is 2.29. The summed E-state index contributed by atoms with van der Waals surface area (Å²) in [5.41, 5.74) is 6.04. The van der Waals surface area contributed by atoms with Gasteiger partial charge in [0.05, 0.1) is 5.75 Å². The Bertz CT molecular complexity index is 580. The van der Waals surface area contributed by atoms with Crippen molar-refractivity contribution in [3.63, 3.8) is 0 Å². The van der Waals surface area contributed by atoms with E-state index in [1.807, 2.05) is 13.8 Å². The first-order valence-corrected chi connectivity index (χ1v) is 8.90. The minimum Gasteiger partial charge on any atom is -0.382 e. The average molecular weight is 320 g/mol. The summed E-state index contributed by atoms with van der Waals surface area (Å²) < 4.78 is 26.4. The van der Waals surface area contributed by atoms with Gasteiger partial charge in [0.15, 0.2) is 5.82 Å². The number of nitrogen functional groups attached to an aromatic ring is 1. The van der Waals surface area contributed by atoms with Gasteiger partial charge in [0.2, 0.25) is 0 Å². The quantitative estimate of drug-likeness (QED) is 0.783. The first-order chi connectivity index (χ1) is 9.11. The predicted molar refractivity (Wildman–Crippen MR) is 82.1 cm³/mol. The van der Waals surface area contributed by atoms with Crippen LogP contribution in [-0.2, 0) is 9.84 Å². The van der Waals surface area contributed by atoms with Gasteiger partial charge in [-0.3, -0.25) is 4.79 Å². The summed E-state index contributed by atoms with van der Waals surface area (Å²) in [6.45, 7) is 3.98. The van der Waals surface area contributed by atoms with Crippen LogP contribution in [0, 0.1) is 0 Å². The van der Waals surface area contributed by atoms with Crippen molar-refractivity contribution in [2.75, 3.05) is 36.2 Å². The van der Waals surface area contributed by atoms with Crippen LogP contribution in [0.15, 0.2) is 0 Å². The molecule has 1 rings (SSSR count). The zero-order valence-electron chi connectivity index (χ0n) is 12.0. The van der Waals surface area contributed by atoms with Gasteiger partial charge in [-0.25, -0.2) is 8.42 Å². The normalized spacial score (nSPS) is 11.7. The molecule has 1 aromatic heterocycles. The van der Waals surface area contributed by atoms with Gasteiger partial charge in [0.25, 0.3) is 5.91 Å². The molecule has 7 nitrogen and oxygen atoms in total. The van der Waals surface area contributed by atoms with Gasteiger partial charge in [-0.2, -0.15) is 4.37 Å². The van der Waals surface area contributed by atoms with Crippen molar-refractivity contribution < 1.29 is 13.2 Å². The van der Waals surface area contributed by atoms with Gasteiger partial charge < -0.3 is 16.0 Å². The van der Waals surface area contributed by atoms with Crippen molar-refractivity contribution >= 4 is 38.1 Å². The molecule has 20 heavy (non-hydrogen) atoms. The van der Waals surface area contributed by atoms with E-state index in [0.29, 0.717) is 10.6 Å². The molecule has 0 unspecified atom stereocenters. The lowest BCUT2D eigenvalue weighted by Gasteiger charge is -2.18. The van der Waals surface area contributed by atoms with E-state index in [-0.39, 0.29) is 30.1 Å². The summed E-state index contributed by atoms with van der Waals surface area (Å²) in [4.78, 5) is 13.8. The summed E-state index contributed by atoms with van der Waals surface area (Å²) >= 11 is 1.09. The molecule has 0 aliphatic carbocycles. The Balaban J connectivity index is 2.93. The summed E-state index contributed by atoms with van der Waals surface area (Å²) in [6.07, 6.45) is 1.17. The van der Waals surface area contributed by atoms with Gasteiger partial charge in [-0.05, 0) is 25.4 Å². The SMILES string of the molecule is CC(C)NC(=O)c1c(N)nsc1N(C)CCS(C)(=O)=O. The lowest BCUT2D eigenvalue weighted by Crippen LogP contribution is -2.32. The van der Waals surface area contributed by atoms with E-state index in [1.165, 1.54) is 6.26 Å². The second kappa shape index (κ2) is 6.40. The average Bonchev–Trinajstić information content (AvgIpc) is 2.66. The Morgan fingerprint density at radius 2 is 2.10 bits per heavy atom. The van der Waals surface area contributed by atoms with Crippen LogP contribution in [0.1, 0.15) is 24.2 Å². The number of amides is 1. The Hall–Kier alpha value is -1.35. The van der Waals surface area contributed by atoms with Crippen LogP contribution in [0.25, 0.3) is 0 Å². The van der Waals surface area contributed by atoms with Gasteiger partial charge >= 0.3 is 0 Å². The molecular weight excluding hydrogens is 300 g/mol. The third kappa shape index (κ3) is 4.64. The van der Waals surface area contributed by atoms with Crippen molar-refractivity contribution in [2.24, 2.45) is 0 Å². The highest BCUT2D eigenvalue weighted by atomic mass is 32.2. The number of hydrogen-bond acceptors (Lipinski definition) is 7. The van der Waals surface area contributed by atoms with E-state index in [2.05, 4.69) is 9.69 Å². The number of nitrogens with zero attached hydrogens (tertiary/aromatic N) is 2. The first-order valence-electron chi connectivity index (χ1n) is 6.06. The van der Waals surface area contributed by atoms with E-state index in [4.69, 9.17) is 5.73 Å². The maximum Gasteiger partial charge on any atom is 0.258 e. The molecule has 0 radical (unpaired) electrons. The number of nitrogens with one attached hydrogen (secondary N) is 1. The number of nitrogens with two attached hydrogens (primary N) is 1. The fourth-order valence-electron chi connectivity index (χ4n) is 1.51. The Kier molecular flexibility index (Phi) is 5.35. The number of carbonyl (C=O) groups is 1. The number of hydrogen-bond donors (Lipinski definition) is 2. The minimum absolute atomic E-state index is 0.00649. The van der Waals surface area contributed by atoms with Crippen molar-refractivity contribution in [3.05, 3.63) is 5.56 Å². The molecule has 0 aromatic carbocycles. The van der Waals surface area contributed by atoms with Crippen LogP contribution >= 0.6 is 11.5 Å². The van der Waals surface area contributed by atoms with Crippen molar-refractivity contribution in [3.8, 4) is 0 Å². The summed E-state index contributed by atoms with van der Waals surface area (Å²) in [7, 11) is -1.35. The van der Waals surface area contributed by atoms with E-state index in [9.17, 15) is 13.2 Å². The highest BCUT2D eigenvalue weighted by molar-refractivity contribution is 7.90. The molecule has 0 bridgehead atoms. The summed E-state index contributed by atoms with van der Waals surface area (Å²) in [5, 5.41) is 3.33. The molecule has 0 aliphatic rings. The maximum absolute atomic E-state index is 12.1. The predicted octanol–water partition coefficient (Wildman–Crippen LogP) is 0.344. The largest absolute Gasteiger partial charge is 0.382 e. The fourth-order valence-corrected chi connectivity index (χ4v) is 2.91. The zero-order valence-corrected chi connectivity index (χ0v) is 13.6. The molecule has 0 saturated heterocycles. The second-order valence-corrected chi connectivity index (χ2v) is 7.94. The van der Waals surface area contributed by atoms with Crippen molar-refractivity contribution in [1.29, 1.82) is 0 Å². The number of anilines is 2. The molecule has 3 N–H and O–H groups in total. The monoisotopic (exact) mass is 320 g/mol. The summed E-state index contributed by atoms with van der Waals surface area (Å²) in [5.74, 6) is -0.131. The third-order valence-electron chi connectivity index (χ3n) is 2.49. The fraction of sp³-hybridized carbons (Fsp3) is 0.636. The smallest absolute Gasteiger partial charge is 0.258 e. The zero-order chi connectivity index (χ0) is 15.5. The van der Waals surface area contributed by atoms with Gasteiger partial charge in [-0.1, -0.05) is 0 Å². The maximum atomic E-state index is 12.1. The lowest BCUT2D eigenvalue weighted by atomic mass is 10.2. The molecule has 0 atom stereocenters. The molecule has 1 amide bonds. The van der Waals surface area contributed by atoms with Gasteiger partial charge in [0.1, 0.15) is 20.4 Å². The molecule has 114 valence electrons. The molecule has 1 aromatic rings. The third-order valence-corrected chi connectivity index (χ3v) is 4.39. The number of sulfone groups is 1. The van der Waals surface area contributed by atoms with Crippen LogP contribution in [0.2, 0.25) is 0 Å². The number of rotatable bonds is 6. The topological polar surface area (TPSA) is 105 Å². The number of carbonyl (C=O) groups excluding carboxylic acids is 1. The Morgan fingerprint density at radius 3 is 2.60 bits per heavy atom. The van der Waals surface area contributed by atoms with E-state index >= 15 is 0 Å². The van der Waals surface area contributed by atoms with E-state index in [0.717, 1.165) is 11.5 Å². The Morgan fingerprint density at radius 1 is 1.50 bits per heavy atom. The lowest BCUT2D eigenvalue weighted by molar-refractivity contribution is 0.0945. The molecule has 9 heteroatoms. The standard InChI is InChI=1S/C11H20N4O3S2/c1-7(2)13-10(16)8-9(12)14-19-11(8)15(3)5-6-20(4,17)18/h7H,5-6H2,1-4H3,(H2,12,14)(H,13,16). The molecular formula is C11H20N4O3S2. The summed E-state index contributed by atoms with van der Waals surface area (Å²) in [6, 6.07) is -0.0176. The molecule has 0 fully saturated rings. The van der Waals surface area contributed by atoms with Crippen LogP contribution in [0.4, 0.5) is 10.8 Å². The van der Waals surface area contributed by atoms with E-state index in [1.54, 1.807) is 11.9 Å². The van der Waals surface area contributed by atoms with Crippen molar-refractivity contribution in [2.45, 2.75) is 19.9 Å². The molecule has 0 spiro atoms. The molecule has 0 aliphatic heterocycles. The van der Waals surface area contributed by atoms with Crippen LogP contribution in [0.3, 0.4) is 0 Å². The number of aromatic nitrogens is 1. The van der Waals surface area contributed by atoms with Crippen LogP contribution in [0.5, 0.6) is 0 Å². The first kappa shape index (κ1) is 16.7. The van der Waals surface area contributed by atoms with Gasteiger partial charge in [0, 0.05) is 25.9 Å². The van der Waals surface area contributed by atoms with Crippen LogP contribution < -0.4 is 16.0 Å². The van der Waals surface area contributed by atoms with Crippen LogP contribution in [-0.4, -0.2) is 50.3 Å². The molecule has 1 heterocycles. The Labute approximate surface area is 123 Å². The highest BCUT2D eigenvalue weighted by Gasteiger charge is 2.22.